The molecule has 2 aliphatic heterocycles. The Bertz CT molecular complexity index is 1360. The van der Waals surface area contributed by atoms with Crippen LogP contribution in [-0.2, 0) is 23.0 Å². The maximum absolute atomic E-state index is 13.4. The van der Waals surface area contributed by atoms with Crippen LogP contribution in [-0.4, -0.2) is 63.5 Å². The van der Waals surface area contributed by atoms with E-state index >= 15 is 0 Å². The van der Waals surface area contributed by atoms with Crippen molar-refractivity contribution in [3.05, 3.63) is 83.9 Å². The molecule has 2 heterocycles. The van der Waals surface area contributed by atoms with Crippen LogP contribution in [0.2, 0.25) is 0 Å². The molecule has 200 valence electrons. The number of benzene rings is 3. The van der Waals surface area contributed by atoms with Gasteiger partial charge in [-0.25, -0.2) is 13.2 Å². The average Bonchev–Trinajstić information content (AvgIpc) is 3.46. The number of carbonyl (C=O) groups is 1. The summed E-state index contributed by atoms with van der Waals surface area (Å²) in [7, 11) is -2.04. The van der Waals surface area contributed by atoms with Gasteiger partial charge in [-0.15, -0.1) is 0 Å². The van der Waals surface area contributed by atoms with Crippen LogP contribution in [0.15, 0.2) is 77.7 Å². The minimum atomic E-state index is -3.69. The second-order valence-corrected chi connectivity index (χ2v) is 11.6. The monoisotopic (exact) mass is 535 g/mol. The smallest absolute Gasteiger partial charge is 0.419 e. The molecule has 0 radical (unpaired) electrons. The van der Waals surface area contributed by atoms with Gasteiger partial charge in [0.15, 0.2) is 0 Å². The first-order valence-corrected chi connectivity index (χ1v) is 14.4. The third-order valence-electron chi connectivity index (χ3n) is 7.11. The lowest BCUT2D eigenvalue weighted by Gasteiger charge is -2.28. The van der Waals surface area contributed by atoms with Crippen LogP contribution in [0.3, 0.4) is 0 Å². The van der Waals surface area contributed by atoms with Crippen molar-refractivity contribution in [1.82, 2.24) is 9.21 Å². The fourth-order valence-electron chi connectivity index (χ4n) is 4.86. The maximum atomic E-state index is 13.4. The first kappa shape index (κ1) is 26.2. The number of anilines is 1. The van der Waals surface area contributed by atoms with Gasteiger partial charge in [-0.05, 0) is 92.0 Å². The Morgan fingerprint density at radius 1 is 0.895 bits per heavy atom. The summed E-state index contributed by atoms with van der Waals surface area (Å²) in [6.07, 6.45) is 2.56. The van der Waals surface area contributed by atoms with E-state index in [1.54, 1.807) is 43.4 Å². The van der Waals surface area contributed by atoms with Crippen molar-refractivity contribution in [3.63, 3.8) is 0 Å². The van der Waals surface area contributed by atoms with Crippen molar-refractivity contribution in [1.29, 1.82) is 0 Å². The van der Waals surface area contributed by atoms with Crippen LogP contribution >= 0.6 is 0 Å². The molecule has 0 aromatic heterocycles. The van der Waals surface area contributed by atoms with Gasteiger partial charge in [-0.1, -0.05) is 24.3 Å². The predicted octanol–water partition coefficient (Wildman–Crippen LogP) is 4.54. The first-order valence-electron chi connectivity index (χ1n) is 13.0. The fraction of sp³-hybridized carbons (Fsp3) is 0.345. The third kappa shape index (κ3) is 6.01. The molecule has 3 aromatic rings. The van der Waals surface area contributed by atoms with Gasteiger partial charge in [-0.2, -0.15) is 4.31 Å². The summed E-state index contributed by atoms with van der Waals surface area (Å²) in [5, 5.41) is 0. The van der Waals surface area contributed by atoms with E-state index < -0.39 is 16.1 Å². The molecule has 0 aliphatic carbocycles. The van der Waals surface area contributed by atoms with Crippen LogP contribution in [0.1, 0.15) is 24.0 Å². The molecule has 0 N–H and O–H groups in total. The molecule has 0 unspecified atom stereocenters. The summed E-state index contributed by atoms with van der Waals surface area (Å²) >= 11 is 0. The Kier molecular flexibility index (Phi) is 7.97. The minimum absolute atomic E-state index is 0.214. The molecule has 0 atom stereocenters. The standard InChI is InChI=1S/C29H33N3O5S/c1-30(25-7-3-2-4-8-25)29(33)37-27-10-9-23-15-18-32(22-24(23)21-27)38(34,35)28-13-11-26(12-14-28)36-20-19-31-16-5-6-17-31/h2-4,7-14,21H,5-6,15-20,22H2,1H3. The number of sulfonamides is 1. The normalized spacial score (nSPS) is 16.1. The Morgan fingerprint density at radius 3 is 2.34 bits per heavy atom. The van der Waals surface area contributed by atoms with Crippen molar-refractivity contribution >= 4 is 21.8 Å². The minimum Gasteiger partial charge on any atom is -0.492 e. The highest BCUT2D eigenvalue weighted by Crippen LogP contribution is 2.29. The van der Waals surface area contributed by atoms with E-state index in [9.17, 15) is 13.2 Å². The first-order chi connectivity index (χ1) is 18.4. The van der Waals surface area contributed by atoms with Gasteiger partial charge >= 0.3 is 6.09 Å². The van der Waals surface area contributed by atoms with Crippen LogP contribution in [0.4, 0.5) is 10.5 Å². The van der Waals surface area contributed by atoms with E-state index in [0.29, 0.717) is 31.1 Å². The van der Waals surface area contributed by atoms with Crippen molar-refractivity contribution in [2.45, 2.75) is 30.7 Å². The number of nitrogens with zero attached hydrogens (tertiary/aromatic N) is 3. The fourth-order valence-corrected chi connectivity index (χ4v) is 6.28. The molecule has 1 amide bonds. The summed E-state index contributed by atoms with van der Waals surface area (Å²) in [6.45, 7) is 4.31. The van der Waals surface area contributed by atoms with Gasteiger partial charge < -0.3 is 9.47 Å². The zero-order valence-electron chi connectivity index (χ0n) is 21.6. The Labute approximate surface area is 224 Å². The molecule has 1 fully saturated rings. The van der Waals surface area contributed by atoms with E-state index in [2.05, 4.69) is 4.90 Å². The van der Waals surface area contributed by atoms with Crippen LogP contribution < -0.4 is 14.4 Å². The molecule has 1 saturated heterocycles. The lowest BCUT2D eigenvalue weighted by molar-refractivity contribution is 0.209. The van der Waals surface area contributed by atoms with E-state index in [1.807, 2.05) is 36.4 Å². The zero-order valence-corrected chi connectivity index (χ0v) is 22.4. The summed E-state index contributed by atoms with van der Waals surface area (Å²) in [6, 6.07) is 21.3. The molecule has 38 heavy (non-hydrogen) atoms. The molecular formula is C29H33N3O5S. The number of fused-ring (bicyclic) bond motifs is 1. The lowest BCUT2D eigenvalue weighted by atomic mass is 10.0. The Balaban J connectivity index is 1.21. The Morgan fingerprint density at radius 2 is 1.61 bits per heavy atom. The average molecular weight is 536 g/mol. The van der Waals surface area contributed by atoms with Gasteiger partial charge in [0.1, 0.15) is 18.1 Å². The number of amides is 1. The van der Waals surface area contributed by atoms with E-state index in [4.69, 9.17) is 9.47 Å². The largest absolute Gasteiger partial charge is 0.492 e. The number of para-hydroxylation sites is 1. The quantitative estimate of drug-likeness (QED) is 0.421. The third-order valence-corrected chi connectivity index (χ3v) is 8.97. The molecule has 0 spiro atoms. The Hall–Kier alpha value is -3.40. The SMILES string of the molecule is CN(C(=O)Oc1ccc2c(c1)CN(S(=O)(=O)c1ccc(OCCN3CCCC3)cc1)CC2)c1ccccc1. The number of rotatable bonds is 8. The van der Waals surface area contributed by atoms with Crippen molar-refractivity contribution in [2.24, 2.45) is 0 Å². The second-order valence-electron chi connectivity index (χ2n) is 9.65. The van der Waals surface area contributed by atoms with Crippen LogP contribution in [0.5, 0.6) is 11.5 Å². The zero-order chi connectivity index (χ0) is 26.5. The van der Waals surface area contributed by atoms with Gasteiger partial charge in [-0.3, -0.25) is 9.80 Å². The lowest BCUT2D eigenvalue weighted by Crippen LogP contribution is -2.36. The number of carbonyl (C=O) groups excluding carboxylic acids is 1. The maximum Gasteiger partial charge on any atom is 0.419 e. The van der Waals surface area contributed by atoms with Crippen molar-refractivity contribution < 1.29 is 22.7 Å². The number of hydrogen-bond acceptors (Lipinski definition) is 6. The van der Waals surface area contributed by atoms with Crippen LogP contribution in [0.25, 0.3) is 0 Å². The molecule has 3 aromatic carbocycles. The van der Waals surface area contributed by atoms with Crippen LogP contribution in [0, 0.1) is 0 Å². The molecule has 9 heteroatoms. The topological polar surface area (TPSA) is 79.4 Å². The summed E-state index contributed by atoms with van der Waals surface area (Å²) in [4.78, 5) is 16.7. The second kappa shape index (κ2) is 11.6. The number of ether oxygens (including phenoxy) is 2. The number of likely N-dealkylation sites (tertiary alicyclic amines) is 1. The van der Waals surface area contributed by atoms with Gasteiger partial charge in [0.25, 0.3) is 0 Å². The highest BCUT2D eigenvalue weighted by atomic mass is 32.2. The van der Waals surface area contributed by atoms with E-state index in [0.717, 1.165) is 36.4 Å². The summed E-state index contributed by atoms with van der Waals surface area (Å²) in [5.74, 6) is 1.05. The van der Waals surface area contributed by atoms with Gasteiger partial charge in [0.2, 0.25) is 10.0 Å². The molecule has 5 rings (SSSR count). The summed E-state index contributed by atoms with van der Waals surface area (Å²) in [5.41, 5.74) is 2.60. The van der Waals surface area contributed by atoms with E-state index in [-0.39, 0.29) is 11.4 Å². The summed E-state index contributed by atoms with van der Waals surface area (Å²) < 4.78 is 39.7. The van der Waals surface area contributed by atoms with Crippen molar-refractivity contribution in [2.75, 3.05) is 44.7 Å². The molecule has 0 saturated carbocycles. The van der Waals surface area contributed by atoms with Gasteiger partial charge in [0, 0.05) is 32.4 Å². The van der Waals surface area contributed by atoms with Gasteiger partial charge in [0.05, 0.1) is 4.90 Å². The van der Waals surface area contributed by atoms with Crippen molar-refractivity contribution in [3.8, 4) is 11.5 Å². The number of hydrogen-bond donors (Lipinski definition) is 0. The highest BCUT2D eigenvalue weighted by Gasteiger charge is 2.29. The van der Waals surface area contributed by atoms with E-state index in [1.165, 1.54) is 22.0 Å². The molecule has 8 nitrogen and oxygen atoms in total. The predicted molar refractivity (Wildman–Crippen MR) is 146 cm³/mol. The molecule has 2 aliphatic rings. The molecular weight excluding hydrogens is 502 g/mol. The molecule has 0 bridgehead atoms. The highest BCUT2D eigenvalue weighted by molar-refractivity contribution is 7.89.